The number of hydrogen-bond donors (Lipinski definition) is 0. The molecular formula is C11H20O. The number of carbonyl (C=O) groups is 1. The van der Waals surface area contributed by atoms with Gasteiger partial charge in [0.1, 0.15) is 0 Å². The van der Waals surface area contributed by atoms with Gasteiger partial charge >= 0.3 is 0 Å². The molecule has 1 nitrogen and oxygen atoms in total. The van der Waals surface area contributed by atoms with E-state index in [1.165, 1.54) is 19.3 Å². The van der Waals surface area contributed by atoms with Crippen LogP contribution in [0.2, 0.25) is 0 Å². The summed E-state index contributed by atoms with van der Waals surface area (Å²) in [6, 6.07) is 0. The van der Waals surface area contributed by atoms with Crippen molar-refractivity contribution < 1.29 is 4.79 Å². The zero-order valence-corrected chi connectivity index (χ0v) is 8.47. The Balaban J connectivity index is 3.73. The maximum Gasteiger partial charge on any atom is 0.152 e. The average Bonchev–Trinajstić information content (AvgIpc) is 2.05. The lowest BCUT2D eigenvalue weighted by Gasteiger charge is -2.07. The van der Waals surface area contributed by atoms with Crippen LogP contribution in [-0.2, 0) is 4.79 Å². The van der Waals surface area contributed by atoms with Gasteiger partial charge in [-0.3, -0.25) is 4.79 Å². The lowest BCUT2D eigenvalue weighted by molar-refractivity contribution is -0.112. The van der Waals surface area contributed by atoms with Crippen molar-refractivity contribution >= 4 is 5.78 Å². The van der Waals surface area contributed by atoms with Crippen molar-refractivity contribution in [2.45, 2.75) is 46.5 Å². The predicted molar refractivity (Wildman–Crippen MR) is 53.1 cm³/mol. The summed E-state index contributed by atoms with van der Waals surface area (Å²) in [7, 11) is 0. The Morgan fingerprint density at radius 2 is 2.08 bits per heavy atom. The van der Waals surface area contributed by atoms with Crippen LogP contribution in [0.3, 0.4) is 0 Å². The standard InChI is InChI=1S/C11H20O/c1-4-6-7-11(5-2)9-8-10(3)12/h8-9,11H,4-7H2,1-3H3/b9-8+/t11-/m0/s1. The van der Waals surface area contributed by atoms with E-state index in [9.17, 15) is 4.79 Å². The van der Waals surface area contributed by atoms with E-state index in [1.54, 1.807) is 13.0 Å². The molecule has 0 aromatic carbocycles. The van der Waals surface area contributed by atoms with E-state index in [0.717, 1.165) is 6.42 Å². The molecule has 0 aliphatic carbocycles. The number of hydrogen-bond acceptors (Lipinski definition) is 1. The normalized spacial score (nSPS) is 13.6. The van der Waals surface area contributed by atoms with Gasteiger partial charge in [-0.2, -0.15) is 0 Å². The van der Waals surface area contributed by atoms with Crippen LogP contribution in [-0.4, -0.2) is 5.78 Å². The van der Waals surface area contributed by atoms with Crippen molar-refractivity contribution in [2.24, 2.45) is 5.92 Å². The van der Waals surface area contributed by atoms with Crippen LogP contribution < -0.4 is 0 Å². The Morgan fingerprint density at radius 1 is 1.42 bits per heavy atom. The van der Waals surface area contributed by atoms with Crippen molar-refractivity contribution in [3.8, 4) is 0 Å². The van der Waals surface area contributed by atoms with E-state index in [-0.39, 0.29) is 5.78 Å². The van der Waals surface area contributed by atoms with Crippen molar-refractivity contribution in [3.05, 3.63) is 12.2 Å². The van der Waals surface area contributed by atoms with E-state index in [0.29, 0.717) is 5.92 Å². The molecule has 0 heterocycles. The second-order valence-electron chi connectivity index (χ2n) is 3.28. The Labute approximate surface area is 75.9 Å². The highest BCUT2D eigenvalue weighted by Gasteiger charge is 2.00. The van der Waals surface area contributed by atoms with Crippen LogP contribution in [0.4, 0.5) is 0 Å². The SMILES string of the molecule is CCCC[C@@H](/C=C/C(C)=O)CC. The Kier molecular flexibility index (Phi) is 6.73. The summed E-state index contributed by atoms with van der Waals surface area (Å²) in [5, 5.41) is 0. The van der Waals surface area contributed by atoms with Gasteiger partial charge in [-0.25, -0.2) is 0 Å². The smallest absolute Gasteiger partial charge is 0.152 e. The Bertz CT molecular complexity index is 147. The molecule has 1 atom stereocenters. The number of allylic oxidation sites excluding steroid dienone is 2. The molecule has 0 saturated carbocycles. The minimum absolute atomic E-state index is 0.157. The van der Waals surface area contributed by atoms with E-state index in [4.69, 9.17) is 0 Å². The van der Waals surface area contributed by atoms with Gasteiger partial charge in [0.15, 0.2) is 5.78 Å². The molecule has 0 spiro atoms. The summed E-state index contributed by atoms with van der Waals surface area (Å²) < 4.78 is 0. The minimum atomic E-state index is 0.157. The lowest BCUT2D eigenvalue weighted by atomic mass is 9.99. The zero-order chi connectivity index (χ0) is 9.40. The molecule has 0 unspecified atom stereocenters. The van der Waals surface area contributed by atoms with Crippen molar-refractivity contribution in [3.63, 3.8) is 0 Å². The fourth-order valence-corrected chi connectivity index (χ4v) is 1.17. The van der Waals surface area contributed by atoms with Gasteiger partial charge in [0.05, 0.1) is 0 Å². The summed E-state index contributed by atoms with van der Waals surface area (Å²) in [5.74, 6) is 0.763. The second-order valence-corrected chi connectivity index (χ2v) is 3.28. The first-order valence-corrected chi connectivity index (χ1v) is 4.89. The van der Waals surface area contributed by atoms with E-state index in [1.807, 2.05) is 0 Å². The number of carbonyl (C=O) groups excluding carboxylic acids is 1. The highest BCUT2D eigenvalue weighted by atomic mass is 16.1. The summed E-state index contributed by atoms with van der Waals surface area (Å²) >= 11 is 0. The largest absolute Gasteiger partial charge is 0.295 e. The molecule has 0 aromatic heterocycles. The van der Waals surface area contributed by atoms with Crippen LogP contribution in [0.5, 0.6) is 0 Å². The van der Waals surface area contributed by atoms with Crippen LogP contribution in [0, 0.1) is 5.92 Å². The van der Waals surface area contributed by atoms with E-state index < -0.39 is 0 Å². The van der Waals surface area contributed by atoms with Crippen molar-refractivity contribution in [1.82, 2.24) is 0 Å². The first kappa shape index (κ1) is 11.4. The second kappa shape index (κ2) is 7.08. The molecule has 0 aromatic rings. The van der Waals surface area contributed by atoms with Crippen LogP contribution in [0.1, 0.15) is 46.5 Å². The quantitative estimate of drug-likeness (QED) is 0.556. The lowest BCUT2D eigenvalue weighted by Crippen LogP contribution is -1.95. The predicted octanol–water partition coefficient (Wildman–Crippen LogP) is 3.35. The third-order valence-electron chi connectivity index (χ3n) is 2.06. The Morgan fingerprint density at radius 3 is 2.50 bits per heavy atom. The zero-order valence-electron chi connectivity index (χ0n) is 8.47. The molecule has 0 radical (unpaired) electrons. The minimum Gasteiger partial charge on any atom is -0.295 e. The van der Waals surface area contributed by atoms with Gasteiger partial charge in [-0.05, 0) is 31.8 Å². The molecule has 0 bridgehead atoms. The van der Waals surface area contributed by atoms with Crippen molar-refractivity contribution in [2.75, 3.05) is 0 Å². The van der Waals surface area contributed by atoms with E-state index >= 15 is 0 Å². The molecular weight excluding hydrogens is 148 g/mol. The molecule has 0 saturated heterocycles. The first-order chi connectivity index (χ1) is 5.70. The summed E-state index contributed by atoms with van der Waals surface area (Å²) in [4.78, 5) is 10.7. The molecule has 0 aliphatic rings. The molecule has 12 heavy (non-hydrogen) atoms. The number of unbranched alkanes of at least 4 members (excludes halogenated alkanes) is 1. The van der Waals surface area contributed by atoms with Crippen LogP contribution >= 0.6 is 0 Å². The maximum absolute atomic E-state index is 10.7. The number of rotatable bonds is 6. The third kappa shape index (κ3) is 6.14. The topological polar surface area (TPSA) is 17.1 Å². The van der Waals surface area contributed by atoms with Gasteiger partial charge in [-0.15, -0.1) is 0 Å². The molecule has 0 aliphatic heterocycles. The number of ketones is 1. The van der Waals surface area contributed by atoms with Gasteiger partial charge in [0.25, 0.3) is 0 Å². The summed E-state index contributed by atoms with van der Waals surface area (Å²) in [5.41, 5.74) is 0. The summed E-state index contributed by atoms with van der Waals surface area (Å²) in [6.07, 6.45) is 8.62. The molecule has 1 heteroatoms. The maximum atomic E-state index is 10.7. The monoisotopic (exact) mass is 168 g/mol. The van der Waals surface area contributed by atoms with Crippen LogP contribution in [0.15, 0.2) is 12.2 Å². The molecule has 70 valence electrons. The molecule has 0 rings (SSSR count). The average molecular weight is 168 g/mol. The highest BCUT2D eigenvalue weighted by molar-refractivity contribution is 5.87. The van der Waals surface area contributed by atoms with Gasteiger partial charge < -0.3 is 0 Å². The summed E-state index contributed by atoms with van der Waals surface area (Å²) in [6.45, 7) is 5.97. The first-order valence-electron chi connectivity index (χ1n) is 4.89. The van der Waals surface area contributed by atoms with E-state index in [2.05, 4.69) is 19.9 Å². The highest BCUT2D eigenvalue weighted by Crippen LogP contribution is 2.13. The fourth-order valence-electron chi connectivity index (χ4n) is 1.17. The van der Waals surface area contributed by atoms with Gasteiger partial charge in [-0.1, -0.05) is 32.8 Å². The molecule has 0 N–H and O–H groups in total. The van der Waals surface area contributed by atoms with Gasteiger partial charge in [0.2, 0.25) is 0 Å². The molecule has 0 fully saturated rings. The van der Waals surface area contributed by atoms with Crippen LogP contribution in [0.25, 0.3) is 0 Å². The fraction of sp³-hybridized carbons (Fsp3) is 0.727. The molecule has 0 amide bonds. The Hall–Kier alpha value is -0.590. The third-order valence-corrected chi connectivity index (χ3v) is 2.06. The van der Waals surface area contributed by atoms with Gasteiger partial charge in [0, 0.05) is 0 Å². The van der Waals surface area contributed by atoms with Crippen molar-refractivity contribution in [1.29, 1.82) is 0 Å².